The number of hydrogen-bond donors (Lipinski definition) is 2. The van der Waals surface area contributed by atoms with Crippen LogP contribution in [0.2, 0.25) is 0 Å². The zero-order valence-corrected chi connectivity index (χ0v) is 18.2. The van der Waals surface area contributed by atoms with Gasteiger partial charge in [-0.1, -0.05) is 29.4 Å². The second-order valence-corrected chi connectivity index (χ2v) is 7.43. The fourth-order valence-corrected chi connectivity index (χ4v) is 2.37. The van der Waals surface area contributed by atoms with Crippen molar-refractivity contribution in [1.29, 1.82) is 5.26 Å². The molecule has 0 unspecified atom stereocenters. The first kappa shape index (κ1) is 26.1. The van der Waals surface area contributed by atoms with Crippen LogP contribution < -0.4 is 10.6 Å². The summed E-state index contributed by atoms with van der Waals surface area (Å²) >= 11 is 0. The molecule has 0 aliphatic heterocycles. The number of carbonyl (C=O) groups excluding carboxylic acids is 3. The number of rotatable bonds is 10. The maximum absolute atomic E-state index is 12.1. The van der Waals surface area contributed by atoms with Crippen LogP contribution in [0.4, 0.5) is 15.3 Å². The van der Waals surface area contributed by atoms with Gasteiger partial charge >= 0.3 is 18.2 Å². The molecule has 1 aromatic rings. The van der Waals surface area contributed by atoms with Gasteiger partial charge < -0.3 is 24.8 Å². The Morgan fingerprint density at radius 2 is 1.94 bits per heavy atom. The lowest BCUT2D eigenvalue weighted by atomic mass is 10.1. The van der Waals surface area contributed by atoms with Gasteiger partial charge in [0.1, 0.15) is 24.3 Å². The molecular formula is C20H26N6O6. The Morgan fingerprint density at radius 1 is 1.22 bits per heavy atom. The summed E-state index contributed by atoms with van der Waals surface area (Å²) in [6, 6.07) is 7.30. The molecule has 1 rings (SSSR count). The number of esters is 1. The number of alkyl carbamates (subject to hydrolysis) is 2. The van der Waals surface area contributed by atoms with Crippen LogP contribution in [0, 0.1) is 11.3 Å². The van der Waals surface area contributed by atoms with E-state index in [9.17, 15) is 14.4 Å². The average Bonchev–Trinajstić information content (AvgIpc) is 2.72. The standard InChI is InChI=1S/C20H26N6O6/c1-20(2,3)32-19(29)24-16(17(27)30-12-10-21)9-6-11-23-18(28)31-13-14-7-4-5-8-15(14)25-26-22/h4-5,7-8,16H,6,9,11-13H2,1-3H3,(H,23,28)(H,24,29)/t16-/m0/s1. The van der Waals surface area contributed by atoms with E-state index in [-0.39, 0.29) is 19.6 Å². The highest BCUT2D eigenvalue weighted by Gasteiger charge is 2.25. The summed E-state index contributed by atoms with van der Waals surface area (Å²) in [6.45, 7) is 4.63. The van der Waals surface area contributed by atoms with Crippen molar-refractivity contribution in [2.45, 2.75) is 51.9 Å². The summed E-state index contributed by atoms with van der Waals surface area (Å²) in [7, 11) is 0. The van der Waals surface area contributed by atoms with E-state index in [4.69, 9.17) is 25.0 Å². The van der Waals surface area contributed by atoms with Crippen LogP contribution in [0.5, 0.6) is 0 Å². The Balaban J connectivity index is 2.50. The minimum absolute atomic E-state index is 0.0929. The Hall–Kier alpha value is -3.97. The Labute approximate surface area is 185 Å². The third kappa shape index (κ3) is 10.7. The van der Waals surface area contributed by atoms with Crippen LogP contribution in [0.3, 0.4) is 0 Å². The maximum atomic E-state index is 12.1. The van der Waals surface area contributed by atoms with Crippen molar-refractivity contribution in [3.8, 4) is 6.07 Å². The first-order valence-electron chi connectivity index (χ1n) is 9.73. The smallest absolute Gasteiger partial charge is 0.408 e. The van der Waals surface area contributed by atoms with Crippen molar-refractivity contribution in [1.82, 2.24) is 10.6 Å². The van der Waals surface area contributed by atoms with E-state index in [1.54, 1.807) is 51.1 Å². The maximum Gasteiger partial charge on any atom is 0.408 e. The van der Waals surface area contributed by atoms with Crippen LogP contribution >= 0.6 is 0 Å². The lowest BCUT2D eigenvalue weighted by Crippen LogP contribution is -2.44. The largest absolute Gasteiger partial charge is 0.449 e. The zero-order chi connectivity index (χ0) is 24.0. The molecule has 0 saturated carbocycles. The SMILES string of the molecule is CC(C)(C)OC(=O)N[C@@H](CCCNC(=O)OCc1ccccc1N=[N+]=[N-])C(=O)OCC#N. The van der Waals surface area contributed by atoms with E-state index in [1.807, 2.05) is 0 Å². The van der Waals surface area contributed by atoms with E-state index in [0.717, 1.165) is 0 Å². The normalized spacial score (nSPS) is 11.2. The first-order valence-corrected chi connectivity index (χ1v) is 9.73. The van der Waals surface area contributed by atoms with Crippen molar-refractivity contribution in [3.05, 3.63) is 40.3 Å². The Kier molecular flexibility index (Phi) is 10.9. The van der Waals surface area contributed by atoms with Crippen LogP contribution in [0.15, 0.2) is 29.4 Å². The molecule has 0 heterocycles. The van der Waals surface area contributed by atoms with E-state index >= 15 is 0 Å². The molecule has 1 atom stereocenters. The van der Waals surface area contributed by atoms with Gasteiger partial charge in [0.2, 0.25) is 0 Å². The van der Waals surface area contributed by atoms with Gasteiger partial charge in [0, 0.05) is 17.1 Å². The van der Waals surface area contributed by atoms with Crippen LogP contribution in [-0.4, -0.2) is 43.0 Å². The van der Waals surface area contributed by atoms with Gasteiger partial charge in [0.15, 0.2) is 6.61 Å². The van der Waals surface area contributed by atoms with Gasteiger partial charge in [0.05, 0.1) is 0 Å². The van der Waals surface area contributed by atoms with Crippen LogP contribution in [0.25, 0.3) is 10.4 Å². The van der Waals surface area contributed by atoms with E-state index in [1.165, 1.54) is 0 Å². The van der Waals surface area contributed by atoms with Crippen molar-refractivity contribution in [2.75, 3.05) is 13.2 Å². The Morgan fingerprint density at radius 3 is 2.59 bits per heavy atom. The van der Waals surface area contributed by atoms with Gasteiger partial charge in [-0.15, -0.1) is 0 Å². The number of ether oxygens (including phenoxy) is 3. The third-order valence-corrected chi connectivity index (χ3v) is 3.70. The number of carbonyl (C=O) groups is 3. The number of benzene rings is 1. The molecule has 2 N–H and O–H groups in total. The topological polar surface area (TPSA) is 176 Å². The second-order valence-electron chi connectivity index (χ2n) is 7.43. The molecule has 172 valence electrons. The molecule has 0 aliphatic rings. The highest BCUT2D eigenvalue weighted by atomic mass is 16.6. The number of nitrogens with zero attached hydrogens (tertiary/aromatic N) is 4. The number of hydrogen-bond acceptors (Lipinski definition) is 8. The van der Waals surface area contributed by atoms with Gasteiger partial charge in [-0.2, -0.15) is 5.26 Å². The van der Waals surface area contributed by atoms with Crippen molar-refractivity contribution < 1.29 is 28.6 Å². The predicted octanol–water partition coefficient (Wildman–Crippen LogP) is 3.59. The predicted molar refractivity (Wildman–Crippen MR) is 112 cm³/mol. The molecule has 0 saturated heterocycles. The van der Waals surface area contributed by atoms with Crippen molar-refractivity contribution >= 4 is 23.8 Å². The van der Waals surface area contributed by atoms with Crippen LogP contribution in [-0.2, 0) is 25.6 Å². The van der Waals surface area contributed by atoms with Crippen molar-refractivity contribution in [3.63, 3.8) is 0 Å². The monoisotopic (exact) mass is 446 g/mol. The summed E-state index contributed by atoms with van der Waals surface area (Å²) in [6.07, 6.45) is -1.08. The van der Waals surface area contributed by atoms with E-state index < -0.39 is 36.4 Å². The molecule has 32 heavy (non-hydrogen) atoms. The summed E-state index contributed by atoms with van der Waals surface area (Å²) in [4.78, 5) is 38.6. The number of amides is 2. The quantitative estimate of drug-likeness (QED) is 0.138. The van der Waals surface area contributed by atoms with Gasteiger partial charge in [-0.25, -0.2) is 14.4 Å². The fourth-order valence-electron chi connectivity index (χ4n) is 2.37. The number of azide groups is 1. The molecule has 0 radical (unpaired) electrons. The molecule has 12 nitrogen and oxygen atoms in total. The molecule has 12 heteroatoms. The molecule has 0 bridgehead atoms. The highest BCUT2D eigenvalue weighted by Crippen LogP contribution is 2.19. The number of nitriles is 1. The van der Waals surface area contributed by atoms with Gasteiger partial charge in [-0.05, 0) is 44.7 Å². The summed E-state index contributed by atoms with van der Waals surface area (Å²) < 4.78 is 15.0. The third-order valence-electron chi connectivity index (χ3n) is 3.70. The van der Waals surface area contributed by atoms with Gasteiger partial charge in [-0.3, -0.25) is 0 Å². The first-order chi connectivity index (χ1) is 15.2. The minimum atomic E-state index is -1.05. The summed E-state index contributed by atoms with van der Waals surface area (Å²) in [5.74, 6) is -0.783. The summed E-state index contributed by atoms with van der Waals surface area (Å²) in [5, 5.41) is 17.0. The summed E-state index contributed by atoms with van der Waals surface area (Å²) in [5.41, 5.74) is 8.71. The highest BCUT2D eigenvalue weighted by molar-refractivity contribution is 5.81. The molecule has 0 aliphatic carbocycles. The van der Waals surface area contributed by atoms with E-state index in [0.29, 0.717) is 17.7 Å². The lowest BCUT2D eigenvalue weighted by Gasteiger charge is -2.22. The van der Waals surface area contributed by atoms with Gasteiger partial charge in [0.25, 0.3) is 0 Å². The molecule has 0 spiro atoms. The lowest BCUT2D eigenvalue weighted by molar-refractivity contribution is -0.144. The second kappa shape index (κ2) is 13.4. The zero-order valence-electron chi connectivity index (χ0n) is 18.2. The fraction of sp³-hybridized carbons (Fsp3) is 0.500. The average molecular weight is 446 g/mol. The molecule has 0 aromatic heterocycles. The Bertz CT molecular complexity index is 885. The van der Waals surface area contributed by atoms with Crippen molar-refractivity contribution in [2.24, 2.45) is 5.11 Å². The molecule has 0 fully saturated rings. The molecular weight excluding hydrogens is 420 g/mol. The molecule has 1 aromatic carbocycles. The molecule has 2 amide bonds. The van der Waals surface area contributed by atoms with Crippen LogP contribution in [0.1, 0.15) is 39.2 Å². The minimum Gasteiger partial charge on any atom is -0.449 e. The van der Waals surface area contributed by atoms with E-state index in [2.05, 4.69) is 20.7 Å². The number of nitrogens with one attached hydrogen (secondary N) is 2.